The lowest BCUT2D eigenvalue weighted by atomic mass is 9.91. The van der Waals surface area contributed by atoms with Crippen molar-refractivity contribution in [2.75, 3.05) is 13.7 Å². The molecule has 0 bridgehead atoms. The Bertz CT molecular complexity index is 906. The predicted molar refractivity (Wildman–Crippen MR) is 110 cm³/mol. The van der Waals surface area contributed by atoms with Gasteiger partial charge in [-0.25, -0.2) is 15.0 Å². The van der Waals surface area contributed by atoms with Gasteiger partial charge in [0.1, 0.15) is 11.8 Å². The smallest absolute Gasteiger partial charge is 0.245 e. The van der Waals surface area contributed by atoms with Crippen molar-refractivity contribution in [1.29, 1.82) is 5.26 Å². The Hall–Kier alpha value is -3.05. The van der Waals surface area contributed by atoms with Gasteiger partial charge in [-0.1, -0.05) is 0 Å². The summed E-state index contributed by atoms with van der Waals surface area (Å²) < 4.78 is 5.48. The van der Waals surface area contributed by atoms with Crippen molar-refractivity contribution >= 4 is 18.3 Å². The number of aromatic nitrogens is 1. The van der Waals surface area contributed by atoms with E-state index in [1.165, 1.54) is 0 Å². The SMILES string of the molecule is C=NC1=C(/N=C(\C)c2ccc(C#N)nc2C)N([C@H]2CC[C@@H](OC)CC2)CC(=O)N1. The first kappa shape index (κ1) is 20.7. The van der Waals surface area contributed by atoms with Gasteiger partial charge in [-0.2, -0.15) is 5.26 Å². The maximum absolute atomic E-state index is 12.2. The van der Waals surface area contributed by atoms with Crippen LogP contribution in [0.25, 0.3) is 0 Å². The van der Waals surface area contributed by atoms with Crippen LogP contribution in [0.1, 0.15) is 49.6 Å². The maximum Gasteiger partial charge on any atom is 0.245 e. The van der Waals surface area contributed by atoms with E-state index in [2.05, 4.69) is 22.0 Å². The van der Waals surface area contributed by atoms with Gasteiger partial charge in [0, 0.05) is 30.1 Å². The normalized spacial score (nSPS) is 22.9. The van der Waals surface area contributed by atoms with E-state index in [4.69, 9.17) is 15.0 Å². The molecule has 1 N–H and O–H groups in total. The third kappa shape index (κ3) is 4.51. The molecule has 8 nitrogen and oxygen atoms in total. The van der Waals surface area contributed by atoms with Crippen molar-refractivity contribution in [2.45, 2.75) is 51.7 Å². The zero-order valence-electron chi connectivity index (χ0n) is 17.1. The van der Waals surface area contributed by atoms with Crippen molar-refractivity contribution in [3.63, 3.8) is 0 Å². The van der Waals surface area contributed by atoms with Crippen LogP contribution in [0.4, 0.5) is 0 Å². The lowest BCUT2D eigenvalue weighted by Gasteiger charge is -2.39. The van der Waals surface area contributed by atoms with Crippen LogP contribution in [0.5, 0.6) is 0 Å². The number of nitriles is 1. The number of hydrogen-bond donors (Lipinski definition) is 1. The molecular formula is C21H26N6O2. The van der Waals surface area contributed by atoms with E-state index in [1.807, 2.05) is 30.9 Å². The summed E-state index contributed by atoms with van der Waals surface area (Å²) >= 11 is 0. The average molecular weight is 394 g/mol. The molecule has 0 aromatic carbocycles. The number of nitrogens with zero attached hydrogens (tertiary/aromatic N) is 5. The summed E-state index contributed by atoms with van der Waals surface area (Å²) in [7, 11) is 1.74. The lowest BCUT2D eigenvalue weighted by Crippen LogP contribution is -2.48. The zero-order chi connectivity index (χ0) is 21.0. The second-order valence-corrected chi connectivity index (χ2v) is 7.31. The zero-order valence-corrected chi connectivity index (χ0v) is 17.1. The molecule has 3 rings (SSSR count). The van der Waals surface area contributed by atoms with E-state index >= 15 is 0 Å². The molecular weight excluding hydrogens is 368 g/mol. The standard InChI is InChI=1S/C21H26N6O2/c1-13-18(10-5-15(11-22)24-13)14(2)25-21-20(23-3)26-19(28)12-27(21)16-6-8-17(29-4)9-7-16/h5,10,16-17H,3,6-9,12H2,1-2,4H3,(H,26,28)/b25-14+/t16-,17+. The Labute approximate surface area is 171 Å². The maximum atomic E-state index is 12.2. The fourth-order valence-electron chi connectivity index (χ4n) is 3.94. The second kappa shape index (κ2) is 8.97. The Morgan fingerprint density at radius 2 is 2.10 bits per heavy atom. The number of pyridine rings is 1. The van der Waals surface area contributed by atoms with Crippen LogP contribution >= 0.6 is 0 Å². The number of aryl methyl sites for hydroxylation is 1. The van der Waals surface area contributed by atoms with E-state index in [9.17, 15) is 4.79 Å². The number of rotatable bonds is 5. The monoisotopic (exact) mass is 394 g/mol. The van der Waals surface area contributed by atoms with Gasteiger partial charge in [0.25, 0.3) is 0 Å². The van der Waals surface area contributed by atoms with Crippen LogP contribution < -0.4 is 5.32 Å². The molecule has 0 atom stereocenters. The number of aliphatic imine (C=N–C) groups is 2. The molecule has 0 spiro atoms. The lowest BCUT2D eigenvalue weighted by molar-refractivity contribution is -0.122. The summed E-state index contributed by atoms with van der Waals surface area (Å²) in [5.41, 5.74) is 2.68. The van der Waals surface area contributed by atoms with Crippen LogP contribution in [0.2, 0.25) is 0 Å². The number of nitrogens with one attached hydrogen (secondary N) is 1. The summed E-state index contributed by atoms with van der Waals surface area (Å²) in [5.74, 6) is 0.865. The highest BCUT2D eigenvalue weighted by Gasteiger charge is 2.33. The third-order valence-electron chi connectivity index (χ3n) is 5.50. The Balaban J connectivity index is 1.96. The molecule has 0 unspecified atom stereocenters. The van der Waals surface area contributed by atoms with Gasteiger partial charge >= 0.3 is 0 Å². The van der Waals surface area contributed by atoms with Crippen LogP contribution in [0.15, 0.2) is 33.8 Å². The van der Waals surface area contributed by atoms with Crippen LogP contribution in [0, 0.1) is 18.3 Å². The van der Waals surface area contributed by atoms with Gasteiger partial charge < -0.3 is 15.0 Å². The van der Waals surface area contributed by atoms with Crippen LogP contribution in [-0.2, 0) is 9.53 Å². The summed E-state index contributed by atoms with van der Waals surface area (Å²) in [6.07, 6.45) is 4.01. The molecule has 152 valence electrons. The molecule has 0 saturated heterocycles. The first-order valence-electron chi connectivity index (χ1n) is 9.70. The molecule has 29 heavy (non-hydrogen) atoms. The largest absolute Gasteiger partial charge is 0.381 e. The topological polar surface area (TPSA) is 103 Å². The predicted octanol–water partition coefficient (Wildman–Crippen LogP) is 2.29. The molecule has 8 heteroatoms. The van der Waals surface area contributed by atoms with E-state index < -0.39 is 0 Å². The summed E-state index contributed by atoms with van der Waals surface area (Å²) in [4.78, 5) is 27.4. The quantitative estimate of drug-likeness (QED) is 0.772. The molecule has 1 aliphatic carbocycles. The van der Waals surface area contributed by atoms with Gasteiger partial charge in [0.05, 0.1) is 12.6 Å². The van der Waals surface area contributed by atoms with Gasteiger partial charge in [0.2, 0.25) is 5.91 Å². The first-order valence-corrected chi connectivity index (χ1v) is 9.70. The van der Waals surface area contributed by atoms with Gasteiger partial charge in [-0.15, -0.1) is 0 Å². The molecule has 1 aromatic rings. The number of hydrogen-bond acceptors (Lipinski definition) is 7. The molecule has 2 aliphatic rings. The van der Waals surface area contributed by atoms with Gasteiger partial charge in [-0.3, -0.25) is 4.79 Å². The van der Waals surface area contributed by atoms with Crippen molar-refractivity contribution in [1.82, 2.24) is 15.2 Å². The van der Waals surface area contributed by atoms with E-state index in [1.54, 1.807) is 13.2 Å². The Morgan fingerprint density at radius 1 is 1.38 bits per heavy atom. The molecule has 1 amide bonds. The van der Waals surface area contributed by atoms with Gasteiger partial charge in [0.15, 0.2) is 11.6 Å². The molecule has 1 aromatic heterocycles. The molecule has 1 aliphatic heterocycles. The van der Waals surface area contributed by atoms with Crippen molar-refractivity contribution in [3.05, 3.63) is 40.7 Å². The number of amides is 1. The van der Waals surface area contributed by atoms with Crippen molar-refractivity contribution in [3.8, 4) is 6.07 Å². The highest BCUT2D eigenvalue weighted by Crippen LogP contribution is 2.30. The summed E-state index contributed by atoms with van der Waals surface area (Å²) in [5, 5.41) is 11.8. The minimum absolute atomic E-state index is 0.117. The molecule has 1 saturated carbocycles. The highest BCUT2D eigenvalue weighted by atomic mass is 16.5. The number of methoxy groups -OCH3 is 1. The second-order valence-electron chi connectivity index (χ2n) is 7.31. The number of carbonyl (C=O) groups excluding carboxylic acids is 1. The minimum atomic E-state index is -0.117. The van der Waals surface area contributed by atoms with Crippen LogP contribution in [0.3, 0.4) is 0 Å². The third-order valence-corrected chi connectivity index (χ3v) is 5.50. The summed E-state index contributed by atoms with van der Waals surface area (Å²) in [6.45, 7) is 7.58. The van der Waals surface area contributed by atoms with Crippen LogP contribution in [-0.4, -0.2) is 54.0 Å². The average Bonchev–Trinajstić information content (AvgIpc) is 2.74. The fraction of sp³-hybridized carbons (Fsp3) is 0.476. The molecule has 2 heterocycles. The van der Waals surface area contributed by atoms with Crippen molar-refractivity contribution in [2.24, 2.45) is 9.98 Å². The number of ether oxygens (including phenoxy) is 1. The minimum Gasteiger partial charge on any atom is -0.381 e. The summed E-state index contributed by atoms with van der Waals surface area (Å²) in [6, 6.07) is 5.76. The Kier molecular flexibility index (Phi) is 6.39. The van der Waals surface area contributed by atoms with Crippen molar-refractivity contribution < 1.29 is 9.53 Å². The fourth-order valence-corrected chi connectivity index (χ4v) is 3.94. The highest BCUT2D eigenvalue weighted by molar-refractivity contribution is 6.00. The Morgan fingerprint density at radius 3 is 2.69 bits per heavy atom. The molecule has 1 fully saturated rings. The van der Waals surface area contributed by atoms with E-state index in [0.29, 0.717) is 17.3 Å². The van der Waals surface area contributed by atoms with E-state index in [0.717, 1.165) is 42.7 Å². The first-order chi connectivity index (χ1) is 14.0. The van der Waals surface area contributed by atoms with Gasteiger partial charge in [-0.05, 0) is 58.4 Å². The number of carbonyl (C=O) groups is 1. The molecule has 0 radical (unpaired) electrons. The van der Waals surface area contributed by atoms with E-state index in [-0.39, 0.29) is 24.6 Å².